The van der Waals surface area contributed by atoms with E-state index >= 15 is 0 Å². The van der Waals surface area contributed by atoms with Gasteiger partial charge in [-0.1, -0.05) is 6.07 Å². The third kappa shape index (κ3) is 1.82. The number of rotatable bonds is 2. The van der Waals surface area contributed by atoms with E-state index in [2.05, 4.69) is 11.1 Å². The quantitative estimate of drug-likeness (QED) is 0.651. The topological polar surface area (TPSA) is 45.9 Å². The third-order valence-electron chi connectivity index (χ3n) is 1.59. The van der Waals surface area contributed by atoms with Gasteiger partial charge in [0.1, 0.15) is 11.5 Å². The van der Waals surface area contributed by atoms with Gasteiger partial charge in [-0.3, -0.25) is 0 Å². The van der Waals surface area contributed by atoms with Crippen LogP contribution in [0.4, 0.5) is 0 Å². The Kier molecular flexibility index (Phi) is 2.98. The van der Waals surface area contributed by atoms with Crippen molar-refractivity contribution in [1.29, 1.82) is 0 Å². The van der Waals surface area contributed by atoms with Crippen molar-refractivity contribution in [2.24, 2.45) is 0 Å². The van der Waals surface area contributed by atoms with Crippen molar-refractivity contribution in [3.05, 3.63) is 34.0 Å². The van der Waals surface area contributed by atoms with Crippen LogP contribution in [0.1, 0.15) is 5.56 Å². The number of benzene rings is 1. The van der Waals surface area contributed by atoms with E-state index in [4.69, 9.17) is 9.47 Å². The van der Waals surface area contributed by atoms with Crippen LogP contribution in [0.5, 0.6) is 11.5 Å². The summed E-state index contributed by atoms with van der Waals surface area (Å²) in [5.74, 6) is 1.03. The van der Waals surface area contributed by atoms with Crippen molar-refractivity contribution in [3.63, 3.8) is 0 Å². The summed E-state index contributed by atoms with van der Waals surface area (Å²) >= 11 is 0. The van der Waals surface area contributed by atoms with Crippen LogP contribution < -0.4 is 9.47 Å². The van der Waals surface area contributed by atoms with Crippen LogP contribution in [-0.2, 0) is 0 Å². The second-order valence-corrected chi connectivity index (χ2v) is 2.24. The molecular weight excluding hydrogens is 170 g/mol. The Morgan fingerprint density at radius 2 is 1.77 bits per heavy atom. The highest BCUT2D eigenvalue weighted by Crippen LogP contribution is 2.26. The molecule has 0 radical (unpaired) electrons. The average molecular weight is 179 g/mol. The molecule has 0 fully saturated rings. The van der Waals surface area contributed by atoms with Crippen LogP contribution in [0.25, 0.3) is 5.01 Å². The van der Waals surface area contributed by atoms with Crippen molar-refractivity contribution in [1.82, 2.24) is 0 Å². The van der Waals surface area contributed by atoms with E-state index in [0.29, 0.717) is 17.1 Å². The highest BCUT2D eigenvalue weighted by Gasteiger charge is 2.11. The first-order valence-corrected chi connectivity index (χ1v) is 3.62. The maximum atomic E-state index is 10.0. The Hall–Kier alpha value is -1.89. The first-order valence-electron chi connectivity index (χ1n) is 3.62. The Morgan fingerprint density at radius 1 is 1.23 bits per heavy atom. The normalized spacial score (nSPS) is 8.46. The molecule has 0 aromatic heterocycles. The number of ether oxygens (including phenoxy) is 2. The number of hydrogen-bond donors (Lipinski definition) is 0. The molecule has 0 heterocycles. The fraction of sp³-hybridized carbons (Fsp3) is 0.222. The van der Waals surface area contributed by atoms with Crippen LogP contribution in [0.15, 0.2) is 18.2 Å². The molecule has 0 spiro atoms. The summed E-state index contributed by atoms with van der Waals surface area (Å²) < 4.78 is 10.00. The molecule has 0 unspecified atom stereocenters. The molecule has 0 saturated heterocycles. The lowest BCUT2D eigenvalue weighted by Gasteiger charge is -2.04. The molecule has 0 amide bonds. The van der Waals surface area contributed by atoms with Gasteiger partial charge in [0.2, 0.25) is 0 Å². The van der Waals surface area contributed by atoms with Crippen LogP contribution in [0, 0.1) is 11.3 Å². The molecule has 1 rings (SSSR count). The summed E-state index contributed by atoms with van der Waals surface area (Å²) in [4.78, 5) is 0. The summed E-state index contributed by atoms with van der Waals surface area (Å²) in [5, 5.41) is 12.6. The lowest BCUT2D eigenvalue weighted by molar-refractivity contribution is 0.392. The Bertz CT molecular complexity index is 329. The van der Waals surface area contributed by atoms with Crippen molar-refractivity contribution in [2.45, 2.75) is 0 Å². The monoisotopic (exact) mass is 179 g/mol. The van der Waals surface area contributed by atoms with E-state index in [1.165, 1.54) is 14.2 Å². The van der Waals surface area contributed by atoms with Gasteiger partial charge in [0.05, 0.1) is 14.2 Å². The molecule has 0 atom stereocenters. The van der Waals surface area contributed by atoms with Gasteiger partial charge in [-0.25, -0.2) is 0 Å². The van der Waals surface area contributed by atoms with E-state index in [-0.39, 0.29) is 0 Å². The van der Waals surface area contributed by atoms with Gasteiger partial charge >= 0.3 is 6.07 Å². The highest BCUT2D eigenvalue weighted by atomic mass is 16.5. The number of methoxy groups -OCH3 is 2. The first kappa shape index (κ1) is 9.20. The summed E-state index contributed by atoms with van der Waals surface area (Å²) in [7, 11) is 3.01. The van der Waals surface area contributed by atoms with E-state index in [9.17, 15) is 5.21 Å². The zero-order valence-corrected chi connectivity index (χ0v) is 7.40. The molecule has 68 valence electrons. The summed E-state index contributed by atoms with van der Waals surface area (Å²) in [5.41, 5.74) is 0.433. The van der Waals surface area contributed by atoms with E-state index in [0.717, 1.165) is 0 Å². The van der Waals surface area contributed by atoms with Crippen LogP contribution >= 0.6 is 0 Å². The molecule has 1 aromatic rings. The first-order chi connectivity index (χ1) is 6.33. The molecule has 0 N–H and O–H groups in total. The average Bonchev–Trinajstić information content (AvgIpc) is 2.18. The van der Waals surface area contributed by atoms with Gasteiger partial charge in [0, 0.05) is 5.01 Å². The van der Waals surface area contributed by atoms with E-state index in [1.807, 2.05) is 0 Å². The largest absolute Gasteiger partial charge is 0.498 e. The minimum atomic E-state index is 0.433. The standard InChI is InChI=1S/C9H9NO3/c1-12-8-4-3-5-9(13-2)7(8)6-10-11/h3-5H,1-2H3. The van der Waals surface area contributed by atoms with E-state index in [1.54, 1.807) is 18.2 Å². The van der Waals surface area contributed by atoms with Gasteiger partial charge in [0.15, 0.2) is 5.56 Å². The van der Waals surface area contributed by atoms with Crippen molar-refractivity contribution >= 4 is 0 Å². The minimum absolute atomic E-state index is 0.433. The zero-order chi connectivity index (χ0) is 9.68. The maximum absolute atomic E-state index is 10.0. The molecule has 0 saturated carbocycles. The molecule has 13 heavy (non-hydrogen) atoms. The lowest BCUT2D eigenvalue weighted by Crippen LogP contribution is -1.92. The van der Waals surface area contributed by atoms with Gasteiger partial charge < -0.3 is 14.7 Å². The minimum Gasteiger partial charge on any atom is -0.498 e. The molecule has 4 nitrogen and oxygen atoms in total. The third-order valence-corrected chi connectivity index (χ3v) is 1.59. The fourth-order valence-corrected chi connectivity index (χ4v) is 1.01. The van der Waals surface area contributed by atoms with Gasteiger partial charge in [-0.2, -0.15) is 0 Å². The Balaban J connectivity index is 3.26. The molecule has 4 heteroatoms. The lowest BCUT2D eigenvalue weighted by atomic mass is 10.2. The molecular formula is C9H9NO3. The van der Waals surface area contributed by atoms with Crippen LogP contribution in [0.2, 0.25) is 0 Å². The summed E-state index contributed by atoms with van der Waals surface area (Å²) in [6.07, 6.45) is 0. The summed E-state index contributed by atoms with van der Waals surface area (Å²) in [6.45, 7) is 0. The molecule has 0 aliphatic rings. The molecule has 0 aliphatic carbocycles. The van der Waals surface area contributed by atoms with E-state index < -0.39 is 0 Å². The van der Waals surface area contributed by atoms with Crippen molar-refractivity contribution in [2.75, 3.05) is 14.2 Å². The predicted molar refractivity (Wildman–Crippen MR) is 49.3 cm³/mol. The second kappa shape index (κ2) is 4.21. The smallest absolute Gasteiger partial charge is 0.344 e. The fourth-order valence-electron chi connectivity index (χ4n) is 1.01. The van der Waals surface area contributed by atoms with Crippen molar-refractivity contribution < 1.29 is 9.47 Å². The summed E-state index contributed by atoms with van der Waals surface area (Å²) in [6, 6.07) is 7.43. The highest BCUT2D eigenvalue weighted by molar-refractivity contribution is 5.54. The second-order valence-electron chi connectivity index (χ2n) is 2.24. The van der Waals surface area contributed by atoms with Gasteiger partial charge in [-0.05, 0) is 12.1 Å². The molecule has 0 aliphatic heterocycles. The Morgan fingerprint density at radius 3 is 2.15 bits per heavy atom. The predicted octanol–water partition coefficient (Wildman–Crippen LogP) is 1.88. The van der Waals surface area contributed by atoms with Gasteiger partial charge in [-0.15, -0.1) is 0 Å². The van der Waals surface area contributed by atoms with Gasteiger partial charge in [0.25, 0.3) is 0 Å². The van der Waals surface area contributed by atoms with Crippen LogP contribution in [-0.4, -0.2) is 14.2 Å². The molecule has 0 bridgehead atoms. The van der Waals surface area contributed by atoms with Crippen molar-refractivity contribution in [3.8, 4) is 17.6 Å². The number of nitrogens with zero attached hydrogens (tertiary/aromatic N) is 1. The SMILES string of the molecule is COc1cccc(OC)c1C#[N+][O-]. The zero-order valence-electron chi connectivity index (χ0n) is 7.40. The maximum Gasteiger partial charge on any atom is 0.344 e. The molecule has 1 aromatic carbocycles. The Labute approximate surface area is 76.1 Å². The number of hydrogen-bond acceptors (Lipinski definition) is 3. The van der Waals surface area contributed by atoms with Crippen LogP contribution in [0.3, 0.4) is 0 Å².